The Labute approximate surface area is 182 Å². The molecule has 0 aromatic heterocycles. The highest BCUT2D eigenvalue weighted by Gasteiger charge is 2.57. The molecule has 2 aliphatic heterocycles. The minimum Gasteiger partial charge on any atom is -0.460 e. The van der Waals surface area contributed by atoms with Crippen LogP contribution in [-0.4, -0.2) is 24.8 Å². The number of carbonyl (C=O) groups is 1. The summed E-state index contributed by atoms with van der Waals surface area (Å²) < 4.78 is 12.7. The third-order valence-electron chi connectivity index (χ3n) is 6.30. The zero-order valence-corrected chi connectivity index (χ0v) is 18.3. The molecule has 0 bridgehead atoms. The van der Waals surface area contributed by atoms with Gasteiger partial charge in [0.25, 0.3) is 0 Å². The van der Waals surface area contributed by atoms with Crippen molar-refractivity contribution in [3.8, 4) is 5.75 Å². The number of aryl methyl sites for hydroxylation is 1. The standard InChI is InChI=1S/C26H26N2O3/c1-5-27-21-13-23-19(11-15(21)3)26(18-10-8-7-9-17(18)25(29)31-26)20-12-16(4)22(28-6-2)14-24(20)30-23/h7-14,19,28H,5-6H2,1-4H3. The van der Waals surface area contributed by atoms with Crippen molar-refractivity contribution < 1.29 is 14.3 Å². The number of hydrogen-bond acceptors (Lipinski definition) is 5. The van der Waals surface area contributed by atoms with E-state index in [4.69, 9.17) is 9.47 Å². The van der Waals surface area contributed by atoms with Gasteiger partial charge in [0.2, 0.25) is 0 Å². The van der Waals surface area contributed by atoms with Crippen molar-refractivity contribution in [3.63, 3.8) is 0 Å². The van der Waals surface area contributed by atoms with Crippen molar-refractivity contribution >= 4 is 17.4 Å². The first kappa shape index (κ1) is 19.6. The van der Waals surface area contributed by atoms with Crippen LogP contribution in [0, 0.1) is 12.8 Å². The molecule has 0 fully saturated rings. The average molecular weight is 415 g/mol. The summed E-state index contributed by atoms with van der Waals surface area (Å²) in [6, 6.07) is 11.8. The third-order valence-corrected chi connectivity index (χ3v) is 6.30. The number of ether oxygens (including phenoxy) is 2. The summed E-state index contributed by atoms with van der Waals surface area (Å²) in [6.07, 6.45) is 4.13. The molecule has 2 heterocycles. The Kier molecular flexibility index (Phi) is 4.50. The topological polar surface area (TPSA) is 59.9 Å². The van der Waals surface area contributed by atoms with Crippen LogP contribution in [0.4, 0.5) is 5.69 Å². The van der Waals surface area contributed by atoms with E-state index in [0.29, 0.717) is 17.9 Å². The number of fused-ring (bicyclic) bond motifs is 6. The molecule has 31 heavy (non-hydrogen) atoms. The lowest BCUT2D eigenvalue weighted by molar-refractivity contribution is -0.0144. The van der Waals surface area contributed by atoms with Crippen LogP contribution in [0.5, 0.6) is 5.75 Å². The van der Waals surface area contributed by atoms with Gasteiger partial charge in [0.05, 0.1) is 17.2 Å². The number of anilines is 1. The Morgan fingerprint density at radius 3 is 2.71 bits per heavy atom. The molecule has 5 heteroatoms. The molecule has 2 unspecified atom stereocenters. The van der Waals surface area contributed by atoms with Crippen LogP contribution in [0.25, 0.3) is 0 Å². The summed E-state index contributed by atoms with van der Waals surface area (Å²) in [7, 11) is 0. The quantitative estimate of drug-likeness (QED) is 0.706. The molecule has 0 saturated heterocycles. The van der Waals surface area contributed by atoms with E-state index in [1.54, 1.807) is 0 Å². The summed E-state index contributed by atoms with van der Waals surface area (Å²) in [5.74, 6) is 0.904. The molecule has 2 atom stereocenters. The number of hydrogen-bond donors (Lipinski definition) is 1. The summed E-state index contributed by atoms with van der Waals surface area (Å²) in [6.45, 7) is 9.70. The van der Waals surface area contributed by atoms with E-state index >= 15 is 0 Å². The summed E-state index contributed by atoms with van der Waals surface area (Å²) in [4.78, 5) is 17.6. The number of aliphatic imine (C=N–C) groups is 1. The zero-order chi connectivity index (χ0) is 21.8. The molecule has 158 valence electrons. The number of benzene rings is 2. The maximum absolute atomic E-state index is 13.0. The molecule has 1 spiro atoms. The second kappa shape index (κ2) is 7.12. The highest BCUT2D eigenvalue weighted by molar-refractivity contribution is 6.09. The Morgan fingerprint density at radius 1 is 1.13 bits per heavy atom. The molecule has 2 aromatic carbocycles. The van der Waals surface area contributed by atoms with Crippen LogP contribution in [0.3, 0.4) is 0 Å². The Balaban J connectivity index is 1.81. The highest BCUT2D eigenvalue weighted by Crippen LogP contribution is 2.57. The lowest BCUT2D eigenvalue weighted by Crippen LogP contribution is -2.43. The van der Waals surface area contributed by atoms with Gasteiger partial charge in [0.15, 0.2) is 5.60 Å². The van der Waals surface area contributed by atoms with Gasteiger partial charge in [-0.05, 0) is 51.0 Å². The minimum atomic E-state index is -0.957. The number of esters is 1. The van der Waals surface area contributed by atoms with Gasteiger partial charge in [-0.25, -0.2) is 4.79 Å². The van der Waals surface area contributed by atoms with E-state index < -0.39 is 5.60 Å². The van der Waals surface area contributed by atoms with E-state index in [2.05, 4.69) is 36.3 Å². The van der Waals surface area contributed by atoms with E-state index in [1.807, 2.05) is 50.3 Å². The monoisotopic (exact) mass is 414 g/mol. The van der Waals surface area contributed by atoms with Gasteiger partial charge in [-0.2, -0.15) is 0 Å². The molecule has 1 aliphatic carbocycles. The zero-order valence-electron chi connectivity index (χ0n) is 18.3. The fourth-order valence-electron chi connectivity index (χ4n) is 4.92. The molecular weight excluding hydrogens is 388 g/mol. The summed E-state index contributed by atoms with van der Waals surface area (Å²) in [5, 5.41) is 3.40. The second-order valence-electron chi connectivity index (χ2n) is 8.20. The number of allylic oxidation sites excluding steroid dienone is 2. The van der Waals surface area contributed by atoms with E-state index in [0.717, 1.165) is 46.0 Å². The smallest absolute Gasteiger partial charge is 0.339 e. The van der Waals surface area contributed by atoms with E-state index in [-0.39, 0.29) is 11.9 Å². The average Bonchev–Trinajstić information content (AvgIpc) is 3.05. The lowest BCUT2D eigenvalue weighted by Gasteiger charge is -2.43. The van der Waals surface area contributed by atoms with Gasteiger partial charge >= 0.3 is 5.97 Å². The third kappa shape index (κ3) is 2.76. The molecular formula is C26H26N2O3. The van der Waals surface area contributed by atoms with Crippen LogP contribution in [0.15, 0.2) is 64.9 Å². The van der Waals surface area contributed by atoms with Crippen LogP contribution >= 0.6 is 0 Å². The highest BCUT2D eigenvalue weighted by atomic mass is 16.6. The predicted molar refractivity (Wildman–Crippen MR) is 122 cm³/mol. The molecule has 0 radical (unpaired) electrons. The fraction of sp³-hybridized carbons (Fsp3) is 0.308. The van der Waals surface area contributed by atoms with Crippen LogP contribution in [0.1, 0.15) is 47.8 Å². The van der Waals surface area contributed by atoms with Crippen molar-refractivity contribution in [2.75, 3.05) is 18.4 Å². The Hall–Kier alpha value is -3.34. The first-order chi connectivity index (χ1) is 15.0. The van der Waals surface area contributed by atoms with Crippen LogP contribution in [0.2, 0.25) is 0 Å². The summed E-state index contributed by atoms with van der Waals surface area (Å²) in [5.41, 5.74) is 5.48. The van der Waals surface area contributed by atoms with Gasteiger partial charge in [-0.15, -0.1) is 0 Å². The number of nitrogens with zero attached hydrogens (tertiary/aromatic N) is 1. The molecule has 0 amide bonds. The molecule has 1 N–H and O–H groups in total. The SMILES string of the molecule is CCN=C1C=C2Oc3cc(NCC)c(C)cc3C3(OC(=O)c4ccccc43)C2C=C1C. The maximum Gasteiger partial charge on any atom is 0.339 e. The normalized spacial score (nSPS) is 24.6. The van der Waals surface area contributed by atoms with Gasteiger partial charge in [0, 0.05) is 42.0 Å². The molecule has 5 rings (SSSR count). The number of carbonyl (C=O) groups excluding carboxylic acids is 1. The molecule has 0 saturated carbocycles. The van der Waals surface area contributed by atoms with Gasteiger partial charge in [-0.3, -0.25) is 4.99 Å². The Bertz CT molecular complexity index is 1190. The maximum atomic E-state index is 13.0. The predicted octanol–water partition coefficient (Wildman–Crippen LogP) is 5.15. The molecule has 2 aromatic rings. The minimum absolute atomic E-state index is 0.257. The first-order valence-electron chi connectivity index (χ1n) is 10.8. The van der Waals surface area contributed by atoms with Crippen LogP contribution < -0.4 is 10.1 Å². The fourth-order valence-corrected chi connectivity index (χ4v) is 4.92. The summed E-state index contributed by atoms with van der Waals surface area (Å²) >= 11 is 0. The number of rotatable bonds is 3. The van der Waals surface area contributed by atoms with Gasteiger partial charge in [0.1, 0.15) is 11.5 Å². The first-order valence-corrected chi connectivity index (χ1v) is 10.8. The Morgan fingerprint density at radius 2 is 1.94 bits per heavy atom. The van der Waals surface area contributed by atoms with E-state index in [1.165, 1.54) is 0 Å². The second-order valence-corrected chi connectivity index (χ2v) is 8.20. The van der Waals surface area contributed by atoms with Crippen molar-refractivity contribution in [1.29, 1.82) is 0 Å². The van der Waals surface area contributed by atoms with Crippen molar-refractivity contribution in [2.24, 2.45) is 10.9 Å². The van der Waals surface area contributed by atoms with Gasteiger partial charge < -0.3 is 14.8 Å². The van der Waals surface area contributed by atoms with Crippen molar-refractivity contribution in [1.82, 2.24) is 0 Å². The molecule has 5 nitrogen and oxygen atoms in total. The largest absolute Gasteiger partial charge is 0.460 e. The molecule has 3 aliphatic rings. The number of nitrogens with one attached hydrogen (secondary N) is 1. The van der Waals surface area contributed by atoms with Crippen molar-refractivity contribution in [3.05, 3.63) is 82.1 Å². The lowest BCUT2D eigenvalue weighted by atomic mass is 9.70. The van der Waals surface area contributed by atoms with Crippen LogP contribution in [-0.2, 0) is 10.3 Å². The van der Waals surface area contributed by atoms with Crippen molar-refractivity contribution in [2.45, 2.75) is 33.3 Å². The van der Waals surface area contributed by atoms with E-state index in [9.17, 15) is 4.79 Å². The van der Waals surface area contributed by atoms with Gasteiger partial charge in [-0.1, -0.05) is 24.3 Å².